The summed E-state index contributed by atoms with van der Waals surface area (Å²) < 4.78 is 0. The van der Waals surface area contributed by atoms with Crippen molar-refractivity contribution in [1.29, 1.82) is 0 Å². The van der Waals surface area contributed by atoms with Crippen LogP contribution in [0.2, 0.25) is 5.02 Å². The standard InChI is InChI=1S/C13H19ClN2O2/c1-15(2)7-4-8-16(3)13(18)10-5-6-12(17)11(14)9-10/h5-6,9,17H,4,7-8H2,1-3H3. The first-order valence-electron chi connectivity index (χ1n) is 5.80. The van der Waals surface area contributed by atoms with Crippen molar-refractivity contribution in [1.82, 2.24) is 9.80 Å². The van der Waals surface area contributed by atoms with Crippen molar-refractivity contribution in [3.05, 3.63) is 28.8 Å². The largest absolute Gasteiger partial charge is 0.506 e. The van der Waals surface area contributed by atoms with Crippen LogP contribution in [0.15, 0.2) is 18.2 Å². The first kappa shape index (κ1) is 14.8. The summed E-state index contributed by atoms with van der Waals surface area (Å²) >= 11 is 5.78. The summed E-state index contributed by atoms with van der Waals surface area (Å²) in [4.78, 5) is 15.8. The average Bonchev–Trinajstić information content (AvgIpc) is 2.31. The van der Waals surface area contributed by atoms with Gasteiger partial charge < -0.3 is 14.9 Å². The monoisotopic (exact) mass is 270 g/mol. The number of aromatic hydroxyl groups is 1. The molecule has 0 aliphatic rings. The van der Waals surface area contributed by atoms with E-state index in [-0.39, 0.29) is 16.7 Å². The summed E-state index contributed by atoms with van der Waals surface area (Å²) in [5, 5.41) is 9.50. The molecule has 0 saturated heterocycles. The Morgan fingerprint density at radius 1 is 1.28 bits per heavy atom. The Morgan fingerprint density at radius 2 is 1.94 bits per heavy atom. The number of carbonyl (C=O) groups excluding carboxylic acids is 1. The van der Waals surface area contributed by atoms with Crippen molar-refractivity contribution >= 4 is 17.5 Å². The molecule has 0 heterocycles. The zero-order valence-electron chi connectivity index (χ0n) is 11.0. The molecule has 0 aromatic heterocycles. The van der Waals surface area contributed by atoms with Crippen LogP contribution in [0, 0.1) is 0 Å². The minimum absolute atomic E-state index is 0.0107. The second kappa shape index (κ2) is 6.61. The van der Waals surface area contributed by atoms with Crippen LogP contribution in [-0.4, -0.2) is 55.0 Å². The van der Waals surface area contributed by atoms with E-state index in [0.717, 1.165) is 13.0 Å². The number of hydrogen-bond acceptors (Lipinski definition) is 3. The summed E-state index contributed by atoms with van der Waals surface area (Å²) in [6.45, 7) is 1.63. The van der Waals surface area contributed by atoms with Crippen LogP contribution in [0.4, 0.5) is 0 Å². The third-order valence-corrected chi connectivity index (χ3v) is 2.94. The number of phenolic OH excluding ortho intramolecular Hbond substituents is 1. The minimum Gasteiger partial charge on any atom is -0.506 e. The van der Waals surface area contributed by atoms with Crippen molar-refractivity contribution in [3.63, 3.8) is 0 Å². The highest BCUT2D eigenvalue weighted by Gasteiger charge is 2.12. The number of rotatable bonds is 5. The van der Waals surface area contributed by atoms with Gasteiger partial charge in [0, 0.05) is 19.2 Å². The van der Waals surface area contributed by atoms with Crippen LogP contribution in [0.1, 0.15) is 16.8 Å². The number of benzene rings is 1. The molecule has 1 rings (SSSR count). The molecule has 1 aromatic rings. The number of halogens is 1. The SMILES string of the molecule is CN(C)CCCN(C)C(=O)c1ccc(O)c(Cl)c1. The molecule has 1 amide bonds. The van der Waals surface area contributed by atoms with E-state index in [4.69, 9.17) is 11.6 Å². The van der Waals surface area contributed by atoms with Gasteiger partial charge in [0.25, 0.3) is 5.91 Å². The van der Waals surface area contributed by atoms with Gasteiger partial charge in [0.15, 0.2) is 0 Å². The van der Waals surface area contributed by atoms with Gasteiger partial charge in [0.05, 0.1) is 5.02 Å². The Kier molecular flexibility index (Phi) is 5.44. The van der Waals surface area contributed by atoms with E-state index in [1.807, 2.05) is 14.1 Å². The van der Waals surface area contributed by atoms with Gasteiger partial charge in [-0.1, -0.05) is 11.6 Å². The number of amides is 1. The maximum absolute atomic E-state index is 12.1. The van der Waals surface area contributed by atoms with Crippen molar-refractivity contribution in [2.45, 2.75) is 6.42 Å². The predicted molar refractivity (Wildman–Crippen MR) is 73.2 cm³/mol. The number of phenols is 1. The van der Waals surface area contributed by atoms with Crippen LogP contribution in [0.25, 0.3) is 0 Å². The summed E-state index contributed by atoms with van der Waals surface area (Å²) in [7, 11) is 5.77. The van der Waals surface area contributed by atoms with Crippen LogP contribution in [-0.2, 0) is 0 Å². The quantitative estimate of drug-likeness (QED) is 0.891. The zero-order valence-corrected chi connectivity index (χ0v) is 11.7. The Balaban J connectivity index is 2.60. The fourth-order valence-electron chi connectivity index (χ4n) is 1.59. The third-order valence-electron chi connectivity index (χ3n) is 2.64. The van der Waals surface area contributed by atoms with Gasteiger partial charge in [-0.05, 0) is 45.3 Å². The van der Waals surface area contributed by atoms with Crippen LogP contribution in [0.3, 0.4) is 0 Å². The molecule has 0 unspecified atom stereocenters. The molecule has 0 radical (unpaired) electrons. The number of hydrogen-bond donors (Lipinski definition) is 1. The maximum atomic E-state index is 12.1. The highest BCUT2D eigenvalue weighted by atomic mass is 35.5. The van der Waals surface area contributed by atoms with Gasteiger partial charge >= 0.3 is 0 Å². The number of nitrogens with zero attached hydrogens (tertiary/aromatic N) is 2. The topological polar surface area (TPSA) is 43.8 Å². The van der Waals surface area contributed by atoms with Crippen LogP contribution >= 0.6 is 11.6 Å². The molecule has 0 bridgehead atoms. The molecule has 1 aromatic carbocycles. The Hall–Kier alpha value is -1.26. The predicted octanol–water partition coefficient (Wildman–Crippen LogP) is 2.07. The van der Waals surface area contributed by atoms with Crippen molar-refractivity contribution in [3.8, 4) is 5.75 Å². The zero-order chi connectivity index (χ0) is 13.7. The summed E-state index contributed by atoms with van der Waals surface area (Å²) in [6.07, 6.45) is 0.918. The van der Waals surface area contributed by atoms with E-state index < -0.39 is 0 Å². The molecule has 4 nitrogen and oxygen atoms in total. The maximum Gasteiger partial charge on any atom is 0.253 e. The highest BCUT2D eigenvalue weighted by molar-refractivity contribution is 6.32. The normalized spacial score (nSPS) is 10.7. The van der Waals surface area contributed by atoms with Gasteiger partial charge in [-0.25, -0.2) is 0 Å². The molecule has 0 spiro atoms. The van der Waals surface area contributed by atoms with Gasteiger partial charge in [-0.15, -0.1) is 0 Å². The van der Waals surface area contributed by atoms with Crippen molar-refractivity contribution in [2.75, 3.05) is 34.2 Å². The fourth-order valence-corrected chi connectivity index (χ4v) is 1.77. The van der Waals surface area contributed by atoms with Gasteiger partial charge in [-0.3, -0.25) is 4.79 Å². The molecule has 18 heavy (non-hydrogen) atoms. The lowest BCUT2D eigenvalue weighted by atomic mass is 10.2. The van der Waals surface area contributed by atoms with Gasteiger partial charge in [0.1, 0.15) is 5.75 Å². The molecule has 0 saturated carbocycles. The Morgan fingerprint density at radius 3 is 2.50 bits per heavy atom. The summed E-state index contributed by atoms with van der Waals surface area (Å²) in [5.74, 6) is -0.0980. The average molecular weight is 271 g/mol. The van der Waals surface area contributed by atoms with E-state index in [1.165, 1.54) is 12.1 Å². The first-order chi connectivity index (χ1) is 8.41. The van der Waals surface area contributed by atoms with Crippen LogP contribution in [0.5, 0.6) is 5.75 Å². The molecule has 0 aliphatic carbocycles. The number of carbonyl (C=O) groups is 1. The minimum atomic E-state index is -0.0874. The van der Waals surface area contributed by atoms with Crippen molar-refractivity contribution in [2.24, 2.45) is 0 Å². The van der Waals surface area contributed by atoms with Crippen LogP contribution < -0.4 is 0 Å². The molecule has 0 atom stereocenters. The lowest BCUT2D eigenvalue weighted by Crippen LogP contribution is -2.29. The molecular weight excluding hydrogens is 252 g/mol. The fraction of sp³-hybridized carbons (Fsp3) is 0.462. The smallest absolute Gasteiger partial charge is 0.253 e. The van der Waals surface area contributed by atoms with E-state index in [2.05, 4.69) is 4.90 Å². The Bertz CT molecular complexity index is 421. The van der Waals surface area contributed by atoms with E-state index in [1.54, 1.807) is 18.0 Å². The second-order valence-corrected chi connectivity index (χ2v) is 4.96. The Labute approximate surface area is 113 Å². The molecule has 100 valence electrons. The lowest BCUT2D eigenvalue weighted by molar-refractivity contribution is 0.0790. The van der Waals surface area contributed by atoms with Gasteiger partial charge in [-0.2, -0.15) is 0 Å². The molecule has 5 heteroatoms. The second-order valence-electron chi connectivity index (χ2n) is 4.55. The molecular formula is C13H19ClN2O2. The molecule has 0 aliphatic heterocycles. The lowest BCUT2D eigenvalue weighted by Gasteiger charge is -2.18. The van der Waals surface area contributed by atoms with E-state index in [0.29, 0.717) is 12.1 Å². The van der Waals surface area contributed by atoms with E-state index >= 15 is 0 Å². The van der Waals surface area contributed by atoms with Crippen molar-refractivity contribution < 1.29 is 9.90 Å². The molecule has 0 fully saturated rings. The third kappa shape index (κ3) is 4.20. The summed E-state index contributed by atoms with van der Waals surface area (Å²) in [6, 6.07) is 4.50. The highest BCUT2D eigenvalue weighted by Crippen LogP contribution is 2.24. The first-order valence-corrected chi connectivity index (χ1v) is 6.18. The molecule has 1 N–H and O–H groups in total. The summed E-state index contributed by atoms with van der Waals surface area (Å²) in [5.41, 5.74) is 0.491. The van der Waals surface area contributed by atoms with Gasteiger partial charge in [0.2, 0.25) is 0 Å². The van der Waals surface area contributed by atoms with E-state index in [9.17, 15) is 9.90 Å².